The van der Waals surface area contributed by atoms with Gasteiger partial charge in [0, 0.05) is 19.3 Å². The standard InChI is InChI=1S/C10H16BrN5/c1-10(2)3-4-16(6-10)8-7(11)5-13-9(14-8)15-12/h5H,3-4,6,12H2,1-2H3,(H,13,14,15). The summed E-state index contributed by atoms with van der Waals surface area (Å²) in [5, 5.41) is 0. The minimum absolute atomic E-state index is 0.348. The Morgan fingerprint density at radius 3 is 2.88 bits per heavy atom. The third-order valence-electron chi connectivity index (χ3n) is 2.83. The van der Waals surface area contributed by atoms with Gasteiger partial charge in [0.1, 0.15) is 5.82 Å². The zero-order chi connectivity index (χ0) is 11.8. The molecule has 5 nitrogen and oxygen atoms in total. The summed E-state index contributed by atoms with van der Waals surface area (Å²) in [7, 11) is 0. The molecule has 6 heteroatoms. The highest BCUT2D eigenvalue weighted by molar-refractivity contribution is 9.10. The van der Waals surface area contributed by atoms with Crippen LogP contribution in [0, 0.1) is 5.41 Å². The molecular formula is C10H16BrN5. The van der Waals surface area contributed by atoms with Crippen LogP contribution in [0.2, 0.25) is 0 Å². The van der Waals surface area contributed by atoms with E-state index >= 15 is 0 Å². The first-order valence-corrected chi connectivity index (χ1v) is 6.05. The zero-order valence-electron chi connectivity index (χ0n) is 9.50. The van der Waals surface area contributed by atoms with E-state index < -0.39 is 0 Å². The smallest absolute Gasteiger partial charge is 0.239 e. The molecule has 0 amide bonds. The summed E-state index contributed by atoms with van der Waals surface area (Å²) in [5.74, 6) is 6.67. The van der Waals surface area contributed by atoms with Gasteiger partial charge in [0.25, 0.3) is 0 Å². The minimum Gasteiger partial charge on any atom is -0.355 e. The Balaban J connectivity index is 2.27. The number of anilines is 2. The molecule has 1 aromatic rings. The third-order valence-corrected chi connectivity index (χ3v) is 3.39. The second kappa shape index (κ2) is 4.18. The largest absolute Gasteiger partial charge is 0.355 e. The van der Waals surface area contributed by atoms with E-state index in [0.717, 1.165) is 23.4 Å². The molecule has 0 spiro atoms. The number of nitrogens with one attached hydrogen (secondary N) is 1. The van der Waals surface area contributed by atoms with Crippen molar-refractivity contribution in [1.82, 2.24) is 9.97 Å². The van der Waals surface area contributed by atoms with Gasteiger partial charge in [-0.3, -0.25) is 5.43 Å². The van der Waals surface area contributed by atoms with E-state index in [1.54, 1.807) is 6.20 Å². The van der Waals surface area contributed by atoms with Crippen molar-refractivity contribution >= 4 is 27.7 Å². The van der Waals surface area contributed by atoms with Crippen LogP contribution >= 0.6 is 15.9 Å². The fourth-order valence-corrected chi connectivity index (χ4v) is 2.38. The van der Waals surface area contributed by atoms with E-state index in [1.807, 2.05) is 0 Å². The number of nitrogens with zero attached hydrogens (tertiary/aromatic N) is 3. The maximum absolute atomic E-state index is 5.31. The van der Waals surface area contributed by atoms with Crippen molar-refractivity contribution in [1.29, 1.82) is 0 Å². The van der Waals surface area contributed by atoms with Crippen molar-refractivity contribution in [3.05, 3.63) is 10.7 Å². The maximum atomic E-state index is 5.31. The maximum Gasteiger partial charge on any atom is 0.239 e. The van der Waals surface area contributed by atoms with Crippen LogP contribution < -0.4 is 16.2 Å². The zero-order valence-corrected chi connectivity index (χ0v) is 11.1. The van der Waals surface area contributed by atoms with E-state index in [-0.39, 0.29) is 0 Å². The summed E-state index contributed by atoms with van der Waals surface area (Å²) in [6.45, 7) is 6.56. The van der Waals surface area contributed by atoms with Crippen LogP contribution in [-0.4, -0.2) is 23.1 Å². The Morgan fingerprint density at radius 1 is 1.56 bits per heavy atom. The Kier molecular flexibility index (Phi) is 3.03. The fraction of sp³-hybridized carbons (Fsp3) is 0.600. The number of hydrogen-bond donors (Lipinski definition) is 2. The average Bonchev–Trinajstić information content (AvgIpc) is 2.59. The van der Waals surface area contributed by atoms with Crippen molar-refractivity contribution in [2.24, 2.45) is 11.3 Å². The highest BCUT2D eigenvalue weighted by Crippen LogP contribution is 2.34. The topological polar surface area (TPSA) is 67.1 Å². The van der Waals surface area contributed by atoms with Crippen molar-refractivity contribution in [2.45, 2.75) is 20.3 Å². The van der Waals surface area contributed by atoms with Crippen LogP contribution in [0.15, 0.2) is 10.7 Å². The summed E-state index contributed by atoms with van der Waals surface area (Å²) in [5.41, 5.74) is 2.82. The number of hydrazine groups is 1. The number of halogens is 1. The molecule has 2 heterocycles. The lowest BCUT2D eigenvalue weighted by atomic mass is 9.93. The Labute approximate surface area is 104 Å². The highest BCUT2D eigenvalue weighted by atomic mass is 79.9. The van der Waals surface area contributed by atoms with Gasteiger partial charge in [-0.15, -0.1) is 0 Å². The number of hydrogen-bond acceptors (Lipinski definition) is 5. The summed E-state index contributed by atoms with van der Waals surface area (Å²) in [6, 6.07) is 0. The van der Waals surface area contributed by atoms with Crippen molar-refractivity contribution in [3.8, 4) is 0 Å². The van der Waals surface area contributed by atoms with Crippen LogP contribution in [0.4, 0.5) is 11.8 Å². The molecule has 88 valence electrons. The van der Waals surface area contributed by atoms with Crippen LogP contribution in [0.25, 0.3) is 0 Å². The van der Waals surface area contributed by atoms with Crippen molar-refractivity contribution < 1.29 is 0 Å². The molecule has 0 aliphatic carbocycles. The molecule has 3 N–H and O–H groups in total. The first-order chi connectivity index (χ1) is 7.52. The van der Waals surface area contributed by atoms with Gasteiger partial charge in [-0.25, -0.2) is 10.8 Å². The fourth-order valence-electron chi connectivity index (χ4n) is 1.94. The average molecular weight is 286 g/mol. The van der Waals surface area contributed by atoms with Gasteiger partial charge in [0.15, 0.2) is 0 Å². The molecule has 1 aromatic heterocycles. The molecule has 1 fully saturated rings. The predicted octanol–water partition coefficient (Wildman–Crippen LogP) is 1.76. The van der Waals surface area contributed by atoms with Crippen molar-refractivity contribution in [2.75, 3.05) is 23.4 Å². The number of nitrogen functional groups attached to an aromatic ring is 1. The molecule has 2 rings (SSSR count). The van der Waals surface area contributed by atoms with Crippen LogP contribution in [-0.2, 0) is 0 Å². The third kappa shape index (κ3) is 2.27. The summed E-state index contributed by atoms with van der Waals surface area (Å²) < 4.78 is 0.907. The highest BCUT2D eigenvalue weighted by Gasteiger charge is 2.31. The van der Waals surface area contributed by atoms with Gasteiger partial charge in [0.05, 0.1) is 4.47 Å². The van der Waals surface area contributed by atoms with Crippen LogP contribution in [0.3, 0.4) is 0 Å². The lowest BCUT2D eigenvalue weighted by Gasteiger charge is -2.21. The molecule has 0 atom stereocenters. The Morgan fingerprint density at radius 2 is 2.31 bits per heavy atom. The lowest BCUT2D eigenvalue weighted by molar-refractivity contribution is 0.418. The predicted molar refractivity (Wildman–Crippen MR) is 68.2 cm³/mol. The van der Waals surface area contributed by atoms with E-state index in [4.69, 9.17) is 5.84 Å². The van der Waals surface area contributed by atoms with Gasteiger partial charge >= 0.3 is 0 Å². The summed E-state index contributed by atoms with van der Waals surface area (Å²) >= 11 is 3.47. The lowest BCUT2D eigenvalue weighted by Crippen LogP contribution is -2.24. The molecule has 1 aliphatic heterocycles. The summed E-state index contributed by atoms with van der Waals surface area (Å²) in [6.07, 6.45) is 2.90. The molecule has 0 aromatic carbocycles. The molecular weight excluding hydrogens is 270 g/mol. The van der Waals surface area contributed by atoms with E-state index in [0.29, 0.717) is 11.4 Å². The van der Waals surface area contributed by atoms with Gasteiger partial charge in [-0.2, -0.15) is 4.98 Å². The first-order valence-electron chi connectivity index (χ1n) is 5.26. The van der Waals surface area contributed by atoms with E-state index in [9.17, 15) is 0 Å². The van der Waals surface area contributed by atoms with Crippen molar-refractivity contribution in [3.63, 3.8) is 0 Å². The number of aromatic nitrogens is 2. The van der Waals surface area contributed by atoms with Gasteiger partial charge in [0.2, 0.25) is 5.95 Å². The normalized spacial score (nSPS) is 18.9. The molecule has 1 aliphatic rings. The molecule has 16 heavy (non-hydrogen) atoms. The SMILES string of the molecule is CC1(C)CCN(c2nc(NN)ncc2Br)C1. The molecule has 0 bridgehead atoms. The summed E-state index contributed by atoms with van der Waals surface area (Å²) in [4.78, 5) is 10.7. The molecule has 0 radical (unpaired) electrons. The van der Waals surface area contributed by atoms with E-state index in [1.165, 1.54) is 6.42 Å². The number of rotatable bonds is 2. The second-order valence-corrected chi connectivity index (χ2v) is 5.70. The molecule has 0 saturated carbocycles. The molecule has 1 saturated heterocycles. The van der Waals surface area contributed by atoms with Gasteiger partial charge < -0.3 is 4.90 Å². The van der Waals surface area contributed by atoms with Crippen LogP contribution in [0.1, 0.15) is 20.3 Å². The quantitative estimate of drug-likeness (QED) is 0.640. The van der Waals surface area contributed by atoms with E-state index in [2.05, 4.69) is 50.1 Å². The Hall–Kier alpha value is -0.880. The monoisotopic (exact) mass is 285 g/mol. The second-order valence-electron chi connectivity index (χ2n) is 4.85. The number of nitrogens with two attached hydrogens (primary N) is 1. The van der Waals surface area contributed by atoms with Gasteiger partial charge in [-0.1, -0.05) is 13.8 Å². The molecule has 0 unspecified atom stereocenters. The first kappa shape index (κ1) is 11.6. The van der Waals surface area contributed by atoms with Gasteiger partial charge in [-0.05, 0) is 27.8 Å². The minimum atomic E-state index is 0.348. The van der Waals surface area contributed by atoms with Crippen LogP contribution in [0.5, 0.6) is 0 Å². The Bertz CT molecular complexity index is 393.